The maximum absolute atomic E-state index is 5.96. The van der Waals surface area contributed by atoms with Gasteiger partial charge < -0.3 is 10.5 Å². The molecule has 2 N–H and O–H groups in total. The Hall–Kier alpha value is -0.770. The van der Waals surface area contributed by atoms with Crippen molar-refractivity contribution in [3.05, 3.63) is 29.3 Å². The number of benzene rings is 1. The monoisotopic (exact) mass is 268 g/mol. The molecule has 0 unspecified atom stereocenters. The van der Waals surface area contributed by atoms with E-state index in [0.717, 1.165) is 36.8 Å². The molecule has 2 rings (SSSR count). The van der Waals surface area contributed by atoms with Crippen LogP contribution in [0.15, 0.2) is 24.3 Å². The van der Waals surface area contributed by atoms with Crippen molar-refractivity contribution in [1.29, 1.82) is 0 Å². The number of rotatable bonds is 5. The third-order valence-corrected chi connectivity index (χ3v) is 3.36. The molecule has 3 nitrogen and oxygen atoms in total. The van der Waals surface area contributed by atoms with Gasteiger partial charge in [0.1, 0.15) is 11.9 Å². The van der Waals surface area contributed by atoms with Gasteiger partial charge in [0.25, 0.3) is 0 Å². The number of hydrogen-bond acceptors (Lipinski definition) is 3. The minimum absolute atomic E-state index is 0.0812. The largest absolute Gasteiger partial charge is 0.488 e. The van der Waals surface area contributed by atoms with Crippen LogP contribution in [0.3, 0.4) is 0 Å². The average molecular weight is 269 g/mol. The zero-order chi connectivity index (χ0) is 13.2. The Labute approximate surface area is 114 Å². The minimum Gasteiger partial charge on any atom is -0.488 e. The Morgan fingerprint density at radius 2 is 1.94 bits per heavy atom. The number of halogens is 1. The molecule has 1 heterocycles. The van der Waals surface area contributed by atoms with E-state index in [2.05, 4.69) is 18.7 Å². The lowest BCUT2D eigenvalue weighted by molar-refractivity contribution is 0.0165. The van der Waals surface area contributed by atoms with E-state index in [0.29, 0.717) is 6.10 Å². The van der Waals surface area contributed by atoms with Crippen molar-refractivity contribution in [3.63, 3.8) is 0 Å². The van der Waals surface area contributed by atoms with Crippen molar-refractivity contribution in [2.45, 2.75) is 31.9 Å². The van der Waals surface area contributed by atoms with Crippen LogP contribution >= 0.6 is 11.6 Å². The fourth-order valence-electron chi connectivity index (χ4n) is 1.93. The second-order valence-corrected chi connectivity index (χ2v) is 6.13. The molecule has 0 bridgehead atoms. The summed E-state index contributed by atoms with van der Waals surface area (Å²) in [5, 5.41) is 0.739. The molecule has 0 saturated carbocycles. The summed E-state index contributed by atoms with van der Waals surface area (Å²) < 4.78 is 5.84. The van der Waals surface area contributed by atoms with E-state index in [-0.39, 0.29) is 5.54 Å². The molecule has 0 radical (unpaired) electrons. The molecule has 18 heavy (non-hydrogen) atoms. The van der Waals surface area contributed by atoms with Gasteiger partial charge in [-0.1, -0.05) is 11.6 Å². The third kappa shape index (κ3) is 4.16. The fraction of sp³-hybridized carbons (Fsp3) is 0.571. The van der Waals surface area contributed by atoms with Crippen LogP contribution in [-0.2, 0) is 0 Å². The normalized spacial score (nSPS) is 17.6. The molecular formula is C14H21ClN2O. The van der Waals surface area contributed by atoms with E-state index in [4.69, 9.17) is 22.1 Å². The maximum Gasteiger partial charge on any atom is 0.124 e. The van der Waals surface area contributed by atoms with Crippen LogP contribution in [0.4, 0.5) is 0 Å². The van der Waals surface area contributed by atoms with Gasteiger partial charge >= 0.3 is 0 Å². The first-order valence-corrected chi connectivity index (χ1v) is 6.74. The highest BCUT2D eigenvalue weighted by atomic mass is 35.5. The molecular weight excluding hydrogens is 248 g/mol. The summed E-state index contributed by atoms with van der Waals surface area (Å²) >= 11 is 5.83. The van der Waals surface area contributed by atoms with Crippen LogP contribution in [-0.4, -0.2) is 36.2 Å². The standard InChI is InChI=1S/C14H21ClN2O/c1-14(2,16)7-8-17-9-13(10-17)18-12-5-3-11(15)4-6-12/h3-6,13H,7-10,16H2,1-2H3. The SMILES string of the molecule is CC(C)(N)CCN1CC(Oc2ccc(Cl)cc2)C1. The highest BCUT2D eigenvalue weighted by molar-refractivity contribution is 6.30. The van der Waals surface area contributed by atoms with Gasteiger partial charge in [-0.3, -0.25) is 4.90 Å². The van der Waals surface area contributed by atoms with Gasteiger partial charge in [0.15, 0.2) is 0 Å². The van der Waals surface area contributed by atoms with Gasteiger partial charge in [-0.05, 0) is 44.5 Å². The number of nitrogens with two attached hydrogens (primary N) is 1. The fourth-order valence-corrected chi connectivity index (χ4v) is 2.06. The summed E-state index contributed by atoms with van der Waals surface area (Å²) in [6, 6.07) is 7.52. The first-order valence-electron chi connectivity index (χ1n) is 6.36. The zero-order valence-corrected chi connectivity index (χ0v) is 11.8. The molecule has 1 saturated heterocycles. The molecule has 0 amide bonds. The van der Waals surface area contributed by atoms with Crippen LogP contribution < -0.4 is 10.5 Å². The molecule has 1 fully saturated rings. The molecule has 0 atom stereocenters. The Balaban J connectivity index is 1.68. The molecule has 1 aliphatic heterocycles. The van der Waals surface area contributed by atoms with Crippen molar-refractivity contribution in [1.82, 2.24) is 4.90 Å². The van der Waals surface area contributed by atoms with Crippen molar-refractivity contribution in [2.24, 2.45) is 5.73 Å². The van der Waals surface area contributed by atoms with E-state index >= 15 is 0 Å². The summed E-state index contributed by atoms with van der Waals surface area (Å²) in [6.45, 7) is 7.14. The van der Waals surface area contributed by atoms with Gasteiger partial charge in [-0.2, -0.15) is 0 Å². The Morgan fingerprint density at radius 3 is 2.50 bits per heavy atom. The highest BCUT2D eigenvalue weighted by Gasteiger charge is 2.29. The van der Waals surface area contributed by atoms with Gasteiger partial charge in [-0.25, -0.2) is 0 Å². The minimum atomic E-state index is -0.0812. The van der Waals surface area contributed by atoms with Crippen molar-refractivity contribution < 1.29 is 4.74 Å². The first kappa shape index (κ1) is 13.7. The van der Waals surface area contributed by atoms with E-state index in [1.165, 1.54) is 0 Å². The molecule has 4 heteroatoms. The predicted octanol–water partition coefficient (Wildman–Crippen LogP) is 2.53. The number of likely N-dealkylation sites (tertiary alicyclic amines) is 1. The van der Waals surface area contributed by atoms with Gasteiger partial charge in [0, 0.05) is 30.2 Å². The van der Waals surface area contributed by atoms with E-state index < -0.39 is 0 Å². The lowest BCUT2D eigenvalue weighted by atomic mass is 10.0. The van der Waals surface area contributed by atoms with Gasteiger partial charge in [-0.15, -0.1) is 0 Å². The summed E-state index contributed by atoms with van der Waals surface area (Å²) in [5.41, 5.74) is 5.88. The lowest BCUT2D eigenvalue weighted by Gasteiger charge is -2.40. The van der Waals surface area contributed by atoms with Crippen molar-refractivity contribution in [3.8, 4) is 5.75 Å². The van der Waals surface area contributed by atoms with Crippen LogP contribution in [0, 0.1) is 0 Å². The van der Waals surface area contributed by atoms with Crippen LogP contribution in [0.2, 0.25) is 5.02 Å². The lowest BCUT2D eigenvalue weighted by Crippen LogP contribution is -2.55. The van der Waals surface area contributed by atoms with Crippen LogP contribution in [0.1, 0.15) is 20.3 Å². The molecule has 0 spiro atoms. The molecule has 100 valence electrons. The Bertz CT molecular complexity index is 380. The predicted molar refractivity (Wildman–Crippen MR) is 75.2 cm³/mol. The first-order chi connectivity index (χ1) is 8.42. The van der Waals surface area contributed by atoms with Crippen molar-refractivity contribution >= 4 is 11.6 Å². The van der Waals surface area contributed by atoms with E-state index in [9.17, 15) is 0 Å². The van der Waals surface area contributed by atoms with E-state index in [1.807, 2.05) is 24.3 Å². The summed E-state index contributed by atoms with van der Waals surface area (Å²) in [4.78, 5) is 2.37. The number of nitrogens with zero attached hydrogens (tertiary/aromatic N) is 1. The van der Waals surface area contributed by atoms with Crippen LogP contribution in [0.5, 0.6) is 5.75 Å². The van der Waals surface area contributed by atoms with Gasteiger partial charge in [0.2, 0.25) is 0 Å². The van der Waals surface area contributed by atoms with Gasteiger partial charge in [0.05, 0.1) is 0 Å². The smallest absolute Gasteiger partial charge is 0.124 e. The molecule has 0 aromatic heterocycles. The average Bonchev–Trinajstić information content (AvgIpc) is 2.22. The molecule has 1 aromatic carbocycles. The Kier molecular flexibility index (Phi) is 4.15. The Morgan fingerprint density at radius 1 is 1.33 bits per heavy atom. The summed E-state index contributed by atoms with van der Waals surface area (Å²) in [5.74, 6) is 0.892. The summed E-state index contributed by atoms with van der Waals surface area (Å²) in [6.07, 6.45) is 1.31. The zero-order valence-electron chi connectivity index (χ0n) is 11.0. The third-order valence-electron chi connectivity index (χ3n) is 3.11. The second kappa shape index (κ2) is 5.47. The quantitative estimate of drug-likeness (QED) is 0.892. The topological polar surface area (TPSA) is 38.5 Å². The molecule has 1 aliphatic rings. The number of ether oxygens (including phenoxy) is 1. The maximum atomic E-state index is 5.96. The van der Waals surface area contributed by atoms with E-state index in [1.54, 1.807) is 0 Å². The number of hydrogen-bond donors (Lipinski definition) is 1. The van der Waals surface area contributed by atoms with Crippen molar-refractivity contribution in [2.75, 3.05) is 19.6 Å². The molecule has 0 aliphatic carbocycles. The highest BCUT2D eigenvalue weighted by Crippen LogP contribution is 2.21. The molecule has 1 aromatic rings. The second-order valence-electron chi connectivity index (χ2n) is 5.69. The summed E-state index contributed by atoms with van der Waals surface area (Å²) in [7, 11) is 0. The van der Waals surface area contributed by atoms with Crippen LogP contribution in [0.25, 0.3) is 0 Å².